The van der Waals surface area contributed by atoms with Crippen LogP contribution in [0.4, 0.5) is 5.13 Å². The van der Waals surface area contributed by atoms with Gasteiger partial charge >= 0.3 is 0 Å². The maximum atomic E-state index is 12.5. The first-order chi connectivity index (χ1) is 14.2. The van der Waals surface area contributed by atoms with E-state index in [0.717, 1.165) is 11.3 Å². The molecule has 1 amide bonds. The zero-order valence-electron chi connectivity index (χ0n) is 15.2. The Morgan fingerprint density at radius 2 is 1.83 bits per heavy atom. The molecule has 29 heavy (non-hydrogen) atoms. The summed E-state index contributed by atoms with van der Waals surface area (Å²) in [6.45, 7) is 0. The van der Waals surface area contributed by atoms with Crippen molar-refractivity contribution < 1.29 is 4.79 Å². The van der Waals surface area contributed by atoms with Crippen LogP contribution in [0.1, 0.15) is 5.56 Å². The van der Waals surface area contributed by atoms with Gasteiger partial charge in [-0.2, -0.15) is 10.4 Å². The van der Waals surface area contributed by atoms with E-state index in [2.05, 4.69) is 10.3 Å². The predicted octanol–water partition coefficient (Wildman–Crippen LogP) is 4.54. The second kappa shape index (κ2) is 8.33. The summed E-state index contributed by atoms with van der Waals surface area (Å²) in [5.74, 6) is -0.506. The maximum Gasteiger partial charge on any atom is 0.268 e. The number of amides is 1. The lowest BCUT2D eigenvalue weighted by Gasteiger charge is -2.01. The average molecular weight is 397 g/mol. The molecule has 2 aromatic heterocycles. The van der Waals surface area contributed by atoms with Crippen LogP contribution in [0.15, 0.2) is 84.0 Å². The Balaban J connectivity index is 1.76. The van der Waals surface area contributed by atoms with Gasteiger partial charge in [0.25, 0.3) is 5.91 Å². The summed E-state index contributed by atoms with van der Waals surface area (Å²) in [6.07, 6.45) is 4.96. The Hall–Kier alpha value is -4.02. The highest BCUT2D eigenvalue weighted by atomic mass is 32.1. The molecule has 7 heteroatoms. The van der Waals surface area contributed by atoms with Crippen molar-refractivity contribution in [3.8, 4) is 23.0 Å². The van der Waals surface area contributed by atoms with E-state index in [4.69, 9.17) is 5.10 Å². The lowest BCUT2D eigenvalue weighted by Crippen LogP contribution is -2.13. The molecular formula is C22H15N5OS. The summed E-state index contributed by atoms with van der Waals surface area (Å²) in [4.78, 5) is 16.5. The van der Waals surface area contributed by atoms with Gasteiger partial charge in [0.05, 0.1) is 11.4 Å². The lowest BCUT2D eigenvalue weighted by atomic mass is 10.1. The summed E-state index contributed by atoms with van der Waals surface area (Å²) < 4.78 is 1.74. The molecule has 0 atom stereocenters. The third-order valence-electron chi connectivity index (χ3n) is 4.13. The van der Waals surface area contributed by atoms with Crippen molar-refractivity contribution in [1.29, 1.82) is 5.26 Å². The molecule has 4 aromatic rings. The summed E-state index contributed by atoms with van der Waals surface area (Å²) in [7, 11) is 0. The van der Waals surface area contributed by atoms with E-state index in [1.807, 2.05) is 72.9 Å². The van der Waals surface area contributed by atoms with Crippen LogP contribution in [0.3, 0.4) is 0 Å². The van der Waals surface area contributed by atoms with Crippen molar-refractivity contribution in [2.75, 3.05) is 5.32 Å². The van der Waals surface area contributed by atoms with Crippen molar-refractivity contribution >= 4 is 28.5 Å². The van der Waals surface area contributed by atoms with Crippen LogP contribution in [0.5, 0.6) is 0 Å². The minimum absolute atomic E-state index is 0.0232. The minimum atomic E-state index is -0.506. The van der Waals surface area contributed by atoms with Gasteiger partial charge in [-0.3, -0.25) is 10.1 Å². The first-order valence-electron chi connectivity index (χ1n) is 8.78. The Bertz CT molecular complexity index is 1190. The van der Waals surface area contributed by atoms with Gasteiger partial charge in [-0.15, -0.1) is 11.3 Å². The van der Waals surface area contributed by atoms with Gasteiger partial charge in [0, 0.05) is 28.9 Å². The molecule has 0 aliphatic rings. The number of para-hydroxylation sites is 1. The molecule has 1 N–H and O–H groups in total. The Labute approximate surface area is 171 Å². The highest BCUT2D eigenvalue weighted by molar-refractivity contribution is 7.13. The highest BCUT2D eigenvalue weighted by Crippen LogP contribution is 2.26. The fraction of sp³-hybridized carbons (Fsp3) is 0. The quantitative estimate of drug-likeness (QED) is 0.396. The molecule has 140 valence electrons. The molecule has 4 rings (SSSR count). The number of anilines is 1. The van der Waals surface area contributed by atoms with Gasteiger partial charge in [-0.05, 0) is 18.2 Å². The second-order valence-corrected chi connectivity index (χ2v) is 6.93. The molecule has 0 saturated carbocycles. The van der Waals surface area contributed by atoms with E-state index in [0.29, 0.717) is 16.4 Å². The highest BCUT2D eigenvalue weighted by Gasteiger charge is 2.15. The molecule has 0 fully saturated rings. The Kier molecular flexibility index (Phi) is 5.27. The van der Waals surface area contributed by atoms with Crippen LogP contribution < -0.4 is 5.32 Å². The van der Waals surface area contributed by atoms with Gasteiger partial charge < -0.3 is 0 Å². The topological polar surface area (TPSA) is 83.6 Å². The molecule has 0 radical (unpaired) electrons. The number of thiazole rings is 1. The van der Waals surface area contributed by atoms with Crippen molar-refractivity contribution in [1.82, 2.24) is 14.8 Å². The summed E-state index contributed by atoms with van der Waals surface area (Å²) in [6, 6.07) is 21.3. The molecular weight excluding hydrogens is 382 g/mol. The van der Waals surface area contributed by atoms with E-state index < -0.39 is 5.91 Å². The molecule has 0 unspecified atom stereocenters. The van der Waals surface area contributed by atoms with Crippen molar-refractivity contribution in [2.45, 2.75) is 0 Å². The van der Waals surface area contributed by atoms with Gasteiger partial charge in [-0.25, -0.2) is 9.67 Å². The SMILES string of the molecule is N#CC(=Cc1cn(-c2ccccc2)nc1-c1ccccc1)C(=O)Nc1nccs1. The number of rotatable bonds is 5. The summed E-state index contributed by atoms with van der Waals surface area (Å²) in [5, 5.41) is 19.1. The first-order valence-corrected chi connectivity index (χ1v) is 9.66. The number of carbonyl (C=O) groups excluding carboxylic acids is 1. The van der Waals surface area contributed by atoms with Crippen LogP contribution in [0, 0.1) is 11.3 Å². The largest absolute Gasteiger partial charge is 0.297 e. The zero-order valence-corrected chi connectivity index (χ0v) is 16.0. The van der Waals surface area contributed by atoms with Crippen LogP contribution in [0.2, 0.25) is 0 Å². The predicted molar refractivity (Wildman–Crippen MR) is 113 cm³/mol. The van der Waals surface area contributed by atoms with E-state index in [-0.39, 0.29) is 5.57 Å². The summed E-state index contributed by atoms with van der Waals surface area (Å²) in [5.41, 5.74) is 3.11. The molecule has 0 aliphatic heterocycles. The maximum absolute atomic E-state index is 12.5. The number of hydrogen-bond donors (Lipinski definition) is 1. The number of nitrogens with one attached hydrogen (secondary N) is 1. The minimum Gasteiger partial charge on any atom is -0.297 e. The zero-order chi connectivity index (χ0) is 20.1. The van der Waals surface area contributed by atoms with Crippen molar-refractivity contribution in [3.63, 3.8) is 0 Å². The lowest BCUT2D eigenvalue weighted by molar-refractivity contribution is -0.112. The van der Waals surface area contributed by atoms with Gasteiger partial charge in [0.2, 0.25) is 0 Å². The van der Waals surface area contributed by atoms with Crippen LogP contribution in [-0.2, 0) is 4.79 Å². The molecule has 0 aliphatic carbocycles. The smallest absolute Gasteiger partial charge is 0.268 e. The van der Waals surface area contributed by atoms with Gasteiger partial charge in [0.1, 0.15) is 11.6 Å². The van der Waals surface area contributed by atoms with Crippen LogP contribution >= 0.6 is 11.3 Å². The van der Waals surface area contributed by atoms with Crippen molar-refractivity contribution in [3.05, 3.63) is 89.6 Å². The second-order valence-electron chi connectivity index (χ2n) is 6.04. The number of nitriles is 1. The molecule has 2 aromatic carbocycles. The number of carbonyl (C=O) groups is 1. The summed E-state index contributed by atoms with van der Waals surface area (Å²) >= 11 is 1.29. The monoisotopic (exact) mass is 397 g/mol. The van der Waals surface area contributed by atoms with E-state index >= 15 is 0 Å². The Morgan fingerprint density at radius 1 is 1.10 bits per heavy atom. The van der Waals surface area contributed by atoms with E-state index in [1.165, 1.54) is 11.3 Å². The number of aromatic nitrogens is 3. The molecule has 0 bridgehead atoms. The fourth-order valence-electron chi connectivity index (χ4n) is 2.78. The Morgan fingerprint density at radius 3 is 2.48 bits per heavy atom. The number of nitrogens with zero attached hydrogens (tertiary/aromatic N) is 4. The molecule has 0 saturated heterocycles. The van der Waals surface area contributed by atoms with Gasteiger partial charge in [0.15, 0.2) is 5.13 Å². The molecule has 2 heterocycles. The fourth-order valence-corrected chi connectivity index (χ4v) is 3.30. The number of benzene rings is 2. The third-order valence-corrected chi connectivity index (χ3v) is 4.82. The van der Waals surface area contributed by atoms with Crippen LogP contribution in [-0.4, -0.2) is 20.7 Å². The number of hydrogen-bond acceptors (Lipinski definition) is 5. The third kappa shape index (κ3) is 4.13. The normalized spacial score (nSPS) is 11.1. The average Bonchev–Trinajstić information content (AvgIpc) is 3.43. The first kappa shape index (κ1) is 18.3. The van der Waals surface area contributed by atoms with Gasteiger partial charge in [-0.1, -0.05) is 48.5 Å². The van der Waals surface area contributed by atoms with E-state index in [1.54, 1.807) is 22.3 Å². The van der Waals surface area contributed by atoms with Crippen LogP contribution in [0.25, 0.3) is 23.0 Å². The molecule has 6 nitrogen and oxygen atoms in total. The van der Waals surface area contributed by atoms with E-state index in [9.17, 15) is 10.1 Å². The van der Waals surface area contributed by atoms with Crippen molar-refractivity contribution in [2.24, 2.45) is 0 Å². The standard InChI is InChI=1S/C22H15N5OS/c23-14-17(21(28)25-22-24-11-12-29-22)13-18-15-27(19-9-5-2-6-10-19)26-20(18)16-7-3-1-4-8-16/h1-13,15H,(H,24,25,28). The molecule has 0 spiro atoms.